The third kappa shape index (κ3) is 7.12. The smallest absolute Gasteiger partial charge is 0.131 e. The highest BCUT2D eigenvalue weighted by molar-refractivity contribution is 14.1. The van der Waals surface area contributed by atoms with Crippen LogP contribution in [0.25, 0.3) is 0 Å². The van der Waals surface area contributed by atoms with Gasteiger partial charge in [0, 0.05) is 25.7 Å². The normalized spacial score (nSPS) is 11.3. The van der Waals surface area contributed by atoms with Crippen LogP contribution in [0, 0.1) is 45.1 Å². The van der Waals surface area contributed by atoms with Gasteiger partial charge in [0.15, 0.2) is 0 Å². The molecule has 0 saturated heterocycles. The lowest BCUT2D eigenvalue weighted by atomic mass is 9.91. The second-order valence-corrected chi connectivity index (χ2v) is 14.0. The van der Waals surface area contributed by atoms with Crippen LogP contribution < -0.4 is 0 Å². The van der Waals surface area contributed by atoms with E-state index in [4.69, 9.17) is 0 Å². The van der Waals surface area contributed by atoms with Gasteiger partial charge in [0.25, 0.3) is 0 Å². The van der Waals surface area contributed by atoms with Crippen LogP contribution in [0.5, 0.6) is 28.7 Å². The largest absolute Gasteiger partial charge is 0.507 e. The highest BCUT2D eigenvalue weighted by Gasteiger charge is 2.16. The Hall–Kier alpha value is -4.17. The number of phenolic OH excluding ortho intramolecular Hbond substituents is 5. The van der Waals surface area contributed by atoms with E-state index in [2.05, 4.69) is 22.6 Å². The maximum atomic E-state index is 11.5. The standard InChI is InChI=1S/C40H41IO5/c1-21-7-31(15-28-11-24(4)37(43)33(17-28)14-27-9-22(2)36(42)23(3)10-27)40(46)32(8-21)16-29-12-25(5)38(44)34(18-29)19-30-13-26(6)39(45)35(41)20-30/h7-13,17-18,20,42-46H,14-16,19H2,1-6H3. The van der Waals surface area contributed by atoms with Crippen LogP contribution in [-0.4, -0.2) is 25.5 Å². The van der Waals surface area contributed by atoms with Gasteiger partial charge in [0.2, 0.25) is 0 Å². The molecule has 238 valence electrons. The summed E-state index contributed by atoms with van der Waals surface area (Å²) in [4.78, 5) is 0. The zero-order valence-corrected chi connectivity index (χ0v) is 29.4. The topological polar surface area (TPSA) is 101 Å². The zero-order chi connectivity index (χ0) is 33.4. The summed E-state index contributed by atoms with van der Waals surface area (Å²) in [7, 11) is 0. The molecule has 5 nitrogen and oxygen atoms in total. The van der Waals surface area contributed by atoms with Gasteiger partial charge in [-0.3, -0.25) is 0 Å². The Kier molecular flexibility index (Phi) is 9.59. The molecule has 0 spiro atoms. The molecule has 0 heterocycles. The van der Waals surface area contributed by atoms with Crippen LogP contribution in [0.2, 0.25) is 0 Å². The Morgan fingerprint density at radius 2 is 0.674 bits per heavy atom. The van der Waals surface area contributed by atoms with Gasteiger partial charge < -0.3 is 25.5 Å². The fourth-order valence-corrected chi connectivity index (χ4v) is 7.31. The lowest BCUT2D eigenvalue weighted by Gasteiger charge is -2.16. The highest BCUT2D eigenvalue weighted by Crippen LogP contribution is 2.35. The molecule has 0 fully saturated rings. The maximum Gasteiger partial charge on any atom is 0.131 e. The Labute approximate surface area is 285 Å². The van der Waals surface area contributed by atoms with Gasteiger partial charge in [-0.15, -0.1) is 0 Å². The Morgan fingerprint density at radius 1 is 0.370 bits per heavy atom. The van der Waals surface area contributed by atoms with E-state index in [1.165, 1.54) is 0 Å². The summed E-state index contributed by atoms with van der Waals surface area (Å²) in [5.74, 6) is 1.35. The van der Waals surface area contributed by atoms with Crippen LogP contribution in [0.4, 0.5) is 0 Å². The van der Waals surface area contributed by atoms with E-state index in [-0.39, 0.29) is 23.0 Å². The lowest BCUT2D eigenvalue weighted by molar-refractivity contribution is 0.462. The third-order valence-electron chi connectivity index (χ3n) is 8.73. The van der Waals surface area contributed by atoms with Crippen molar-refractivity contribution >= 4 is 22.6 Å². The fraction of sp³-hybridized carbons (Fsp3) is 0.250. The summed E-state index contributed by atoms with van der Waals surface area (Å²) in [5.41, 5.74) is 12.2. The zero-order valence-electron chi connectivity index (χ0n) is 27.2. The van der Waals surface area contributed by atoms with Crippen molar-refractivity contribution in [2.45, 2.75) is 67.2 Å². The Balaban J connectivity index is 1.43. The molecule has 0 aromatic heterocycles. The van der Waals surface area contributed by atoms with Gasteiger partial charge >= 0.3 is 0 Å². The first kappa shape index (κ1) is 33.2. The van der Waals surface area contributed by atoms with Crippen LogP contribution in [-0.2, 0) is 25.7 Å². The van der Waals surface area contributed by atoms with Crippen LogP contribution in [0.15, 0.2) is 60.7 Å². The summed E-state index contributed by atoms with van der Waals surface area (Å²) in [6.45, 7) is 11.4. The van der Waals surface area contributed by atoms with Gasteiger partial charge in [-0.05, 0) is 143 Å². The first-order valence-corrected chi connectivity index (χ1v) is 16.5. The van der Waals surface area contributed by atoms with Crippen molar-refractivity contribution in [1.29, 1.82) is 0 Å². The lowest BCUT2D eigenvalue weighted by Crippen LogP contribution is -2.00. The minimum absolute atomic E-state index is 0.249. The van der Waals surface area contributed by atoms with Crippen LogP contribution >= 0.6 is 22.6 Å². The predicted molar refractivity (Wildman–Crippen MR) is 193 cm³/mol. The number of rotatable bonds is 8. The van der Waals surface area contributed by atoms with Crippen molar-refractivity contribution < 1.29 is 25.5 Å². The third-order valence-corrected chi connectivity index (χ3v) is 9.56. The van der Waals surface area contributed by atoms with Crippen LogP contribution in [0.3, 0.4) is 0 Å². The minimum atomic E-state index is 0.249. The molecule has 0 aliphatic rings. The van der Waals surface area contributed by atoms with Gasteiger partial charge in [-0.25, -0.2) is 0 Å². The number of aromatic hydroxyl groups is 5. The molecule has 5 aromatic rings. The van der Waals surface area contributed by atoms with E-state index in [0.717, 1.165) is 81.5 Å². The molecule has 0 saturated carbocycles. The van der Waals surface area contributed by atoms with E-state index in [1.807, 2.05) is 102 Å². The van der Waals surface area contributed by atoms with Crippen molar-refractivity contribution in [3.63, 3.8) is 0 Å². The fourth-order valence-electron chi connectivity index (χ4n) is 6.48. The molecule has 0 amide bonds. The molecule has 0 aliphatic heterocycles. The van der Waals surface area contributed by atoms with E-state index in [9.17, 15) is 25.5 Å². The number of aryl methyl sites for hydroxylation is 6. The van der Waals surface area contributed by atoms with E-state index in [0.29, 0.717) is 31.4 Å². The molecule has 0 bridgehead atoms. The summed E-state index contributed by atoms with van der Waals surface area (Å²) in [6, 6.07) is 19.7. The number of hydrogen-bond acceptors (Lipinski definition) is 5. The average molecular weight is 729 g/mol. The van der Waals surface area contributed by atoms with E-state index < -0.39 is 0 Å². The summed E-state index contributed by atoms with van der Waals surface area (Å²) < 4.78 is 0.777. The second-order valence-electron chi connectivity index (χ2n) is 12.8. The molecule has 0 radical (unpaired) electrons. The highest BCUT2D eigenvalue weighted by atomic mass is 127. The van der Waals surface area contributed by atoms with Crippen LogP contribution in [0.1, 0.15) is 77.9 Å². The maximum absolute atomic E-state index is 11.5. The van der Waals surface area contributed by atoms with E-state index in [1.54, 1.807) is 0 Å². The number of phenols is 5. The van der Waals surface area contributed by atoms with Crippen molar-refractivity contribution in [2.24, 2.45) is 0 Å². The van der Waals surface area contributed by atoms with Crippen molar-refractivity contribution in [1.82, 2.24) is 0 Å². The summed E-state index contributed by atoms with van der Waals surface area (Å²) >= 11 is 2.12. The molecule has 6 heteroatoms. The van der Waals surface area contributed by atoms with Gasteiger partial charge in [0.1, 0.15) is 28.7 Å². The molecule has 5 rings (SSSR count). The minimum Gasteiger partial charge on any atom is -0.507 e. The van der Waals surface area contributed by atoms with Crippen molar-refractivity contribution in [3.05, 3.63) is 142 Å². The van der Waals surface area contributed by atoms with Crippen molar-refractivity contribution in [3.8, 4) is 28.7 Å². The average Bonchev–Trinajstić information content (AvgIpc) is 2.98. The molecule has 0 atom stereocenters. The van der Waals surface area contributed by atoms with Gasteiger partial charge in [-0.2, -0.15) is 0 Å². The Bertz CT molecular complexity index is 1790. The molecule has 0 unspecified atom stereocenters. The molecule has 5 N–H and O–H groups in total. The Morgan fingerprint density at radius 3 is 1.07 bits per heavy atom. The molecule has 0 aliphatic carbocycles. The number of benzene rings is 5. The predicted octanol–water partition coefficient (Wildman–Crippen LogP) is 9.03. The molecular weight excluding hydrogens is 687 g/mol. The van der Waals surface area contributed by atoms with Crippen molar-refractivity contribution in [2.75, 3.05) is 0 Å². The number of hydrogen-bond donors (Lipinski definition) is 5. The first-order valence-electron chi connectivity index (χ1n) is 15.4. The molecule has 46 heavy (non-hydrogen) atoms. The quantitative estimate of drug-likeness (QED) is 0.103. The molecular formula is C40H41IO5. The second kappa shape index (κ2) is 13.3. The van der Waals surface area contributed by atoms with E-state index >= 15 is 0 Å². The molecule has 5 aromatic carbocycles. The SMILES string of the molecule is Cc1cc(Cc2cc(C)c(O)c(Cc3cc(C)c(O)c(C)c3)c2)c(O)c(Cc2cc(C)c(O)c(Cc3cc(C)c(O)c(I)c3)c2)c1. The van der Waals surface area contributed by atoms with Gasteiger partial charge in [0.05, 0.1) is 3.57 Å². The van der Waals surface area contributed by atoms with Gasteiger partial charge in [-0.1, -0.05) is 60.2 Å². The summed E-state index contributed by atoms with van der Waals surface area (Å²) in [5, 5.41) is 53.7. The first-order chi connectivity index (χ1) is 21.7. The number of halogens is 1. The summed E-state index contributed by atoms with van der Waals surface area (Å²) in [6.07, 6.45) is 2.05. The monoisotopic (exact) mass is 728 g/mol.